The average molecular weight is 238 g/mol. The molecule has 1 saturated carbocycles. The highest BCUT2D eigenvalue weighted by Gasteiger charge is 2.39. The number of piperidine rings is 1. The lowest BCUT2D eigenvalue weighted by Gasteiger charge is -2.44. The monoisotopic (exact) mass is 238 g/mol. The molecule has 0 aromatic carbocycles. The molecule has 0 bridgehead atoms. The predicted molar refractivity (Wildman–Crippen MR) is 68.9 cm³/mol. The van der Waals surface area contributed by atoms with Crippen LogP contribution in [0.4, 0.5) is 0 Å². The zero-order valence-corrected chi connectivity index (χ0v) is 10.9. The topological polar surface area (TPSA) is 38.5 Å². The summed E-state index contributed by atoms with van der Waals surface area (Å²) in [5.74, 6) is 0.979. The lowest BCUT2D eigenvalue weighted by molar-refractivity contribution is 0.0175. The molecular weight excluding hydrogens is 212 g/mol. The van der Waals surface area contributed by atoms with Crippen LogP contribution >= 0.6 is 0 Å². The van der Waals surface area contributed by atoms with E-state index in [0.717, 1.165) is 44.6 Å². The van der Waals surface area contributed by atoms with Crippen LogP contribution in [0.5, 0.6) is 0 Å². The first-order valence-electron chi connectivity index (χ1n) is 7.38. The van der Waals surface area contributed by atoms with Crippen molar-refractivity contribution in [2.45, 2.75) is 56.5 Å². The number of hydrogen-bond donors (Lipinski definition) is 1. The molecule has 1 aliphatic carbocycles. The van der Waals surface area contributed by atoms with Crippen LogP contribution in [0.2, 0.25) is 0 Å². The summed E-state index contributed by atoms with van der Waals surface area (Å²) in [5.41, 5.74) is 6.58. The van der Waals surface area contributed by atoms with Crippen molar-refractivity contribution in [3.63, 3.8) is 0 Å². The second-order valence-electron chi connectivity index (χ2n) is 6.35. The quantitative estimate of drug-likeness (QED) is 0.796. The highest BCUT2D eigenvalue weighted by atomic mass is 16.5. The fraction of sp³-hybridized carbons (Fsp3) is 1.00. The van der Waals surface area contributed by atoms with Crippen LogP contribution < -0.4 is 5.73 Å². The lowest BCUT2D eigenvalue weighted by atomic mass is 9.86. The van der Waals surface area contributed by atoms with Gasteiger partial charge in [0.05, 0.1) is 0 Å². The molecule has 0 aromatic rings. The molecule has 0 aromatic heterocycles. The van der Waals surface area contributed by atoms with Crippen molar-refractivity contribution in [2.75, 3.05) is 26.3 Å². The minimum Gasteiger partial charge on any atom is -0.381 e. The van der Waals surface area contributed by atoms with Crippen LogP contribution in [-0.4, -0.2) is 42.8 Å². The number of likely N-dealkylation sites (tertiary alicyclic amines) is 1. The molecule has 2 unspecified atom stereocenters. The Morgan fingerprint density at radius 3 is 2.71 bits per heavy atom. The summed E-state index contributed by atoms with van der Waals surface area (Å²) in [7, 11) is 0. The summed E-state index contributed by atoms with van der Waals surface area (Å²) < 4.78 is 5.44. The maximum Gasteiger partial charge on any atom is 0.0484 e. The molecule has 3 rings (SSSR count). The van der Waals surface area contributed by atoms with E-state index in [0.29, 0.717) is 0 Å². The number of hydrogen-bond acceptors (Lipinski definition) is 3. The highest BCUT2D eigenvalue weighted by Crippen LogP contribution is 2.37. The lowest BCUT2D eigenvalue weighted by Crippen LogP contribution is -2.57. The molecule has 2 N–H and O–H groups in total. The van der Waals surface area contributed by atoms with Crippen LogP contribution in [0.1, 0.15) is 44.9 Å². The summed E-state index contributed by atoms with van der Waals surface area (Å²) >= 11 is 0. The fourth-order valence-corrected chi connectivity index (χ4v) is 4.09. The molecule has 0 amide bonds. The molecule has 2 heterocycles. The Morgan fingerprint density at radius 1 is 1.12 bits per heavy atom. The van der Waals surface area contributed by atoms with Crippen LogP contribution in [0.15, 0.2) is 0 Å². The maximum atomic E-state index is 6.55. The van der Waals surface area contributed by atoms with E-state index < -0.39 is 0 Å². The van der Waals surface area contributed by atoms with Gasteiger partial charge in [-0.15, -0.1) is 0 Å². The summed E-state index contributed by atoms with van der Waals surface area (Å²) in [4.78, 5) is 2.71. The van der Waals surface area contributed by atoms with E-state index >= 15 is 0 Å². The minimum absolute atomic E-state index is 0.0305. The predicted octanol–water partition coefficient (Wildman–Crippen LogP) is 1.76. The first-order chi connectivity index (χ1) is 8.27. The van der Waals surface area contributed by atoms with Crippen molar-refractivity contribution < 1.29 is 4.74 Å². The number of nitrogens with two attached hydrogens (primary N) is 1. The van der Waals surface area contributed by atoms with Gasteiger partial charge in [-0.05, 0) is 51.0 Å². The van der Waals surface area contributed by atoms with E-state index in [2.05, 4.69) is 4.90 Å². The summed E-state index contributed by atoms with van der Waals surface area (Å²) in [6, 6.07) is 0.854. The molecule has 0 spiro atoms. The largest absolute Gasteiger partial charge is 0.381 e. The van der Waals surface area contributed by atoms with Gasteiger partial charge in [0.1, 0.15) is 0 Å². The van der Waals surface area contributed by atoms with Crippen molar-refractivity contribution in [1.29, 1.82) is 0 Å². The SMILES string of the molecule is NC1(CN2CCCC3CCCC32)CCOCC1. The van der Waals surface area contributed by atoms with Crippen molar-refractivity contribution in [1.82, 2.24) is 4.90 Å². The standard InChI is InChI=1S/C14H26N2O/c15-14(6-9-17-10-7-14)11-16-8-2-4-12-3-1-5-13(12)16/h12-13H,1-11,15H2. The Labute approximate surface area is 105 Å². The van der Waals surface area contributed by atoms with Gasteiger partial charge < -0.3 is 10.5 Å². The van der Waals surface area contributed by atoms with Crippen LogP contribution in [-0.2, 0) is 4.74 Å². The van der Waals surface area contributed by atoms with Crippen LogP contribution in [0.25, 0.3) is 0 Å². The summed E-state index contributed by atoms with van der Waals surface area (Å²) in [6.07, 6.45) is 9.24. The smallest absolute Gasteiger partial charge is 0.0484 e. The third-order valence-electron chi connectivity index (χ3n) is 5.11. The van der Waals surface area contributed by atoms with Gasteiger partial charge in [0, 0.05) is 31.3 Å². The Bertz CT molecular complexity index is 263. The van der Waals surface area contributed by atoms with Crippen molar-refractivity contribution in [3.8, 4) is 0 Å². The van der Waals surface area contributed by atoms with E-state index in [-0.39, 0.29) is 5.54 Å². The van der Waals surface area contributed by atoms with Gasteiger partial charge in [0.15, 0.2) is 0 Å². The summed E-state index contributed by atoms with van der Waals surface area (Å²) in [5, 5.41) is 0. The molecule has 2 atom stereocenters. The number of rotatable bonds is 2. The molecular formula is C14H26N2O. The van der Waals surface area contributed by atoms with E-state index in [1.54, 1.807) is 0 Å². The van der Waals surface area contributed by atoms with Crippen molar-refractivity contribution in [3.05, 3.63) is 0 Å². The van der Waals surface area contributed by atoms with Gasteiger partial charge >= 0.3 is 0 Å². The second kappa shape index (κ2) is 4.87. The fourth-order valence-electron chi connectivity index (χ4n) is 4.09. The first kappa shape index (κ1) is 11.9. The normalized spacial score (nSPS) is 37.9. The van der Waals surface area contributed by atoms with E-state index in [1.165, 1.54) is 38.6 Å². The van der Waals surface area contributed by atoms with Crippen LogP contribution in [0.3, 0.4) is 0 Å². The summed E-state index contributed by atoms with van der Waals surface area (Å²) in [6.45, 7) is 4.11. The van der Waals surface area contributed by atoms with E-state index in [1.807, 2.05) is 0 Å². The average Bonchev–Trinajstić information content (AvgIpc) is 2.79. The number of ether oxygens (including phenoxy) is 1. The van der Waals surface area contributed by atoms with Gasteiger partial charge in [-0.2, -0.15) is 0 Å². The zero-order chi connectivity index (χ0) is 11.7. The third kappa shape index (κ3) is 2.51. The molecule has 3 heteroatoms. The van der Waals surface area contributed by atoms with Crippen molar-refractivity contribution >= 4 is 0 Å². The molecule has 3 nitrogen and oxygen atoms in total. The molecule has 2 aliphatic heterocycles. The number of nitrogens with zero attached hydrogens (tertiary/aromatic N) is 1. The Kier molecular flexibility index (Phi) is 3.42. The second-order valence-corrected chi connectivity index (χ2v) is 6.35. The first-order valence-corrected chi connectivity index (χ1v) is 7.38. The van der Waals surface area contributed by atoms with Crippen molar-refractivity contribution in [2.24, 2.45) is 11.7 Å². The Balaban J connectivity index is 1.63. The minimum atomic E-state index is 0.0305. The molecule has 0 radical (unpaired) electrons. The zero-order valence-electron chi connectivity index (χ0n) is 10.9. The molecule has 3 aliphatic rings. The van der Waals surface area contributed by atoms with Gasteiger partial charge in [0.2, 0.25) is 0 Å². The van der Waals surface area contributed by atoms with E-state index in [9.17, 15) is 0 Å². The van der Waals surface area contributed by atoms with E-state index in [4.69, 9.17) is 10.5 Å². The molecule has 2 saturated heterocycles. The van der Waals surface area contributed by atoms with Crippen LogP contribution in [0, 0.1) is 5.92 Å². The molecule has 98 valence electrons. The highest BCUT2D eigenvalue weighted by molar-refractivity contribution is 4.96. The number of fused-ring (bicyclic) bond motifs is 1. The Morgan fingerprint density at radius 2 is 1.88 bits per heavy atom. The molecule has 3 fully saturated rings. The molecule has 17 heavy (non-hydrogen) atoms. The van der Waals surface area contributed by atoms with Gasteiger partial charge in [-0.3, -0.25) is 4.90 Å². The Hall–Kier alpha value is -0.120. The third-order valence-corrected chi connectivity index (χ3v) is 5.11. The van der Waals surface area contributed by atoms with Gasteiger partial charge in [-0.1, -0.05) is 6.42 Å². The van der Waals surface area contributed by atoms with Gasteiger partial charge in [-0.25, -0.2) is 0 Å². The maximum absolute atomic E-state index is 6.55. The van der Waals surface area contributed by atoms with Gasteiger partial charge in [0.25, 0.3) is 0 Å².